The van der Waals surface area contributed by atoms with E-state index in [0.717, 1.165) is 11.3 Å². The van der Waals surface area contributed by atoms with E-state index in [1.54, 1.807) is 0 Å². The first kappa shape index (κ1) is 12.6. The molecule has 0 spiro atoms. The third kappa shape index (κ3) is 2.70. The van der Waals surface area contributed by atoms with Gasteiger partial charge in [-0.2, -0.15) is 0 Å². The minimum Gasteiger partial charge on any atom is -0.460 e. The molecule has 1 aromatic rings. The van der Waals surface area contributed by atoms with Crippen molar-refractivity contribution in [3.05, 3.63) is 29.8 Å². The molecule has 4 heteroatoms. The fourth-order valence-corrected chi connectivity index (χ4v) is 2.03. The summed E-state index contributed by atoms with van der Waals surface area (Å²) in [4.78, 5) is 23.6. The molecule has 0 saturated carbocycles. The molecule has 1 aliphatic rings. The lowest BCUT2D eigenvalue weighted by molar-refractivity contribution is -0.156. The van der Waals surface area contributed by atoms with E-state index in [2.05, 4.69) is 5.32 Å². The van der Waals surface area contributed by atoms with Gasteiger partial charge in [0.05, 0.1) is 12.3 Å². The Kier molecular flexibility index (Phi) is 3.11. The van der Waals surface area contributed by atoms with Gasteiger partial charge in [-0.1, -0.05) is 18.2 Å². The van der Waals surface area contributed by atoms with Gasteiger partial charge in [-0.3, -0.25) is 9.59 Å². The summed E-state index contributed by atoms with van der Waals surface area (Å²) >= 11 is 0. The number of amides is 1. The minimum absolute atomic E-state index is 0.0834. The Labute approximate surface area is 106 Å². The van der Waals surface area contributed by atoms with Crippen LogP contribution in [0.15, 0.2) is 24.3 Å². The highest BCUT2D eigenvalue weighted by atomic mass is 16.6. The Morgan fingerprint density at radius 1 is 1.33 bits per heavy atom. The van der Waals surface area contributed by atoms with Gasteiger partial charge in [0.15, 0.2) is 0 Å². The van der Waals surface area contributed by atoms with E-state index in [4.69, 9.17) is 4.74 Å². The number of nitrogens with one attached hydrogen (secondary N) is 1. The van der Waals surface area contributed by atoms with E-state index in [1.165, 1.54) is 0 Å². The summed E-state index contributed by atoms with van der Waals surface area (Å²) < 4.78 is 5.24. The lowest BCUT2D eigenvalue weighted by Gasteiger charge is -2.20. The van der Waals surface area contributed by atoms with Gasteiger partial charge in [-0.05, 0) is 32.4 Å². The van der Waals surface area contributed by atoms with Gasteiger partial charge in [-0.25, -0.2) is 0 Å². The van der Waals surface area contributed by atoms with Gasteiger partial charge in [0, 0.05) is 5.69 Å². The summed E-state index contributed by atoms with van der Waals surface area (Å²) in [6.07, 6.45) is 0.0834. The van der Waals surface area contributed by atoms with Crippen LogP contribution in [0.4, 0.5) is 5.69 Å². The van der Waals surface area contributed by atoms with Crippen LogP contribution >= 0.6 is 0 Å². The maximum absolute atomic E-state index is 11.8. The maximum atomic E-state index is 11.8. The van der Waals surface area contributed by atoms with Crippen LogP contribution in [0.1, 0.15) is 38.7 Å². The zero-order valence-corrected chi connectivity index (χ0v) is 10.8. The predicted octanol–water partition coefficient (Wildman–Crippen LogP) is 2.45. The molecule has 1 heterocycles. The van der Waals surface area contributed by atoms with Gasteiger partial charge in [0.25, 0.3) is 0 Å². The number of carbonyl (C=O) groups is 2. The molecule has 1 unspecified atom stereocenters. The molecule has 1 amide bonds. The van der Waals surface area contributed by atoms with E-state index in [-0.39, 0.29) is 18.3 Å². The Hall–Kier alpha value is -1.84. The first-order valence-corrected chi connectivity index (χ1v) is 5.98. The van der Waals surface area contributed by atoms with Gasteiger partial charge in [-0.15, -0.1) is 0 Å². The highest BCUT2D eigenvalue weighted by Gasteiger charge is 2.33. The first-order valence-electron chi connectivity index (χ1n) is 5.98. The molecular formula is C14H17NO3. The molecule has 0 aromatic heterocycles. The van der Waals surface area contributed by atoms with Crippen LogP contribution in [-0.4, -0.2) is 17.5 Å². The van der Waals surface area contributed by atoms with Crippen LogP contribution in [0.25, 0.3) is 0 Å². The smallest absolute Gasteiger partial charge is 0.307 e. The standard InChI is InChI=1S/C14H17NO3/c1-14(2,3)18-12(16)8-10-9-6-4-5-7-11(9)15-13(10)17/h4-7,10H,8H2,1-3H3,(H,15,17). The Bertz CT molecular complexity index is 488. The number of hydrogen-bond donors (Lipinski definition) is 1. The van der Waals surface area contributed by atoms with Crippen LogP contribution in [0.2, 0.25) is 0 Å². The Morgan fingerprint density at radius 3 is 2.67 bits per heavy atom. The van der Waals surface area contributed by atoms with E-state index in [9.17, 15) is 9.59 Å². The monoisotopic (exact) mass is 247 g/mol. The number of rotatable bonds is 2. The topological polar surface area (TPSA) is 55.4 Å². The van der Waals surface area contributed by atoms with E-state index >= 15 is 0 Å². The summed E-state index contributed by atoms with van der Waals surface area (Å²) in [6.45, 7) is 5.44. The molecule has 1 N–H and O–H groups in total. The van der Waals surface area contributed by atoms with Gasteiger partial charge >= 0.3 is 5.97 Å². The van der Waals surface area contributed by atoms with E-state index < -0.39 is 11.5 Å². The molecule has 2 rings (SSSR count). The average Bonchev–Trinajstić information content (AvgIpc) is 2.53. The highest BCUT2D eigenvalue weighted by molar-refractivity contribution is 6.04. The molecule has 0 bridgehead atoms. The third-order valence-electron chi connectivity index (χ3n) is 2.70. The number of fused-ring (bicyclic) bond motifs is 1. The van der Waals surface area contributed by atoms with Crippen LogP contribution in [-0.2, 0) is 14.3 Å². The van der Waals surface area contributed by atoms with Crippen molar-refractivity contribution >= 4 is 17.6 Å². The molecule has 1 aliphatic heterocycles. The van der Waals surface area contributed by atoms with Crippen LogP contribution in [0.5, 0.6) is 0 Å². The highest BCUT2D eigenvalue weighted by Crippen LogP contribution is 2.34. The number of benzene rings is 1. The summed E-state index contributed by atoms with van der Waals surface area (Å²) in [5.41, 5.74) is 1.13. The number of para-hydroxylation sites is 1. The molecule has 0 radical (unpaired) electrons. The zero-order chi connectivity index (χ0) is 13.3. The molecule has 1 atom stereocenters. The van der Waals surface area contributed by atoms with Gasteiger partial charge in [0.1, 0.15) is 5.60 Å². The SMILES string of the molecule is CC(C)(C)OC(=O)CC1C(=O)Nc2ccccc21. The normalized spacial score (nSPS) is 18.2. The van der Waals surface area contributed by atoms with Crippen molar-refractivity contribution in [3.63, 3.8) is 0 Å². The Morgan fingerprint density at radius 2 is 2.00 bits per heavy atom. The third-order valence-corrected chi connectivity index (χ3v) is 2.70. The van der Waals surface area contributed by atoms with Crippen LogP contribution in [0, 0.1) is 0 Å². The van der Waals surface area contributed by atoms with Crippen molar-refractivity contribution in [1.82, 2.24) is 0 Å². The van der Waals surface area contributed by atoms with Crippen molar-refractivity contribution in [2.75, 3.05) is 5.32 Å². The second-order valence-corrected chi connectivity index (χ2v) is 5.42. The number of hydrogen-bond acceptors (Lipinski definition) is 3. The largest absolute Gasteiger partial charge is 0.460 e. The predicted molar refractivity (Wildman–Crippen MR) is 68.3 cm³/mol. The molecular weight excluding hydrogens is 230 g/mol. The summed E-state index contributed by atoms with van der Waals surface area (Å²) in [5.74, 6) is -0.919. The van der Waals surface area contributed by atoms with Crippen molar-refractivity contribution in [3.8, 4) is 0 Å². The number of esters is 1. The van der Waals surface area contributed by atoms with Crippen molar-refractivity contribution in [1.29, 1.82) is 0 Å². The number of anilines is 1. The van der Waals surface area contributed by atoms with Gasteiger partial charge in [0.2, 0.25) is 5.91 Å². The van der Waals surface area contributed by atoms with Crippen molar-refractivity contribution < 1.29 is 14.3 Å². The molecule has 18 heavy (non-hydrogen) atoms. The number of ether oxygens (including phenoxy) is 1. The lowest BCUT2D eigenvalue weighted by Crippen LogP contribution is -2.26. The quantitative estimate of drug-likeness (QED) is 0.817. The molecule has 0 aliphatic carbocycles. The average molecular weight is 247 g/mol. The molecule has 4 nitrogen and oxygen atoms in total. The Balaban J connectivity index is 2.11. The summed E-state index contributed by atoms with van der Waals surface area (Å²) in [5, 5.41) is 2.77. The molecule has 96 valence electrons. The fraction of sp³-hybridized carbons (Fsp3) is 0.429. The van der Waals surface area contributed by atoms with Crippen LogP contribution in [0.3, 0.4) is 0 Å². The summed E-state index contributed by atoms with van der Waals surface area (Å²) in [7, 11) is 0. The number of carbonyl (C=O) groups excluding carboxylic acids is 2. The minimum atomic E-state index is -0.522. The van der Waals surface area contributed by atoms with E-state index in [0.29, 0.717) is 0 Å². The van der Waals surface area contributed by atoms with Crippen LogP contribution < -0.4 is 5.32 Å². The van der Waals surface area contributed by atoms with Crippen molar-refractivity contribution in [2.45, 2.75) is 38.7 Å². The zero-order valence-electron chi connectivity index (χ0n) is 10.8. The fourth-order valence-electron chi connectivity index (χ4n) is 2.03. The summed E-state index contributed by atoms with van der Waals surface area (Å²) in [6, 6.07) is 7.42. The second-order valence-electron chi connectivity index (χ2n) is 5.42. The first-order chi connectivity index (χ1) is 8.37. The maximum Gasteiger partial charge on any atom is 0.307 e. The van der Waals surface area contributed by atoms with Crippen molar-refractivity contribution in [2.24, 2.45) is 0 Å². The van der Waals surface area contributed by atoms with Gasteiger partial charge < -0.3 is 10.1 Å². The lowest BCUT2D eigenvalue weighted by atomic mass is 9.97. The van der Waals surface area contributed by atoms with E-state index in [1.807, 2.05) is 45.0 Å². The second kappa shape index (κ2) is 4.44. The molecule has 0 fully saturated rings. The molecule has 1 aromatic carbocycles. The molecule has 0 saturated heterocycles.